The summed E-state index contributed by atoms with van der Waals surface area (Å²) in [6.07, 6.45) is 5.85. The summed E-state index contributed by atoms with van der Waals surface area (Å²) in [6.45, 7) is 10.8. The molecule has 7 heterocycles. The van der Waals surface area contributed by atoms with Crippen LogP contribution in [0.1, 0.15) is 49.3 Å². The van der Waals surface area contributed by atoms with E-state index in [4.69, 9.17) is 4.98 Å². The molecule has 0 unspecified atom stereocenters. The van der Waals surface area contributed by atoms with Crippen molar-refractivity contribution in [3.05, 3.63) is 41.3 Å². The van der Waals surface area contributed by atoms with Crippen molar-refractivity contribution in [3.8, 4) is 11.3 Å². The number of piperidine rings is 2. The quantitative estimate of drug-likeness (QED) is 0.449. The molecule has 0 radical (unpaired) electrons. The number of fused-ring (bicyclic) bond motifs is 5. The van der Waals surface area contributed by atoms with Gasteiger partial charge in [-0.2, -0.15) is 5.10 Å². The van der Waals surface area contributed by atoms with Crippen molar-refractivity contribution >= 4 is 28.4 Å². The molecule has 4 aromatic heterocycles. The zero-order valence-electron chi connectivity index (χ0n) is 22.6. The number of aromatic amines is 1. The number of aryl methyl sites for hydroxylation is 1. The minimum Gasteiger partial charge on any atom is -0.353 e. The van der Waals surface area contributed by atoms with Gasteiger partial charge in [0.2, 0.25) is 5.91 Å². The summed E-state index contributed by atoms with van der Waals surface area (Å²) < 4.78 is 1.86. The van der Waals surface area contributed by atoms with Crippen LogP contribution in [-0.2, 0) is 4.79 Å². The van der Waals surface area contributed by atoms with Gasteiger partial charge >= 0.3 is 0 Å². The van der Waals surface area contributed by atoms with Gasteiger partial charge in [0.05, 0.1) is 23.3 Å². The monoisotopic (exact) mass is 500 g/mol. The average molecular weight is 501 g/mol. The molecule has 0 aliphatic carbocycles. The molecule has 4 aromatic rings. The van der Waals surface area contributed by atoms with Crippen LogP contribution < -0.4 is 4.90 Å². The topological polar surface area (TPSA) is 85.7 Å². The number of hydrogen-bond acceptors (Lipinski definition) is 6. The lowest BCUT2D eigenvalue weighted by molar-refractivity contribution is -0.137. The standard InChI is InChI=1S/C28H36N8O/c1-16(2)25-26(21-13-36-28(29-15-30-36)18(4)17(21)3)31-22-9-10-23(32-27(22)25)34-11-20-8-7-19(34)12-35(20)24(37)14-33(5)6/h9-10,13,15-16,19-20,31H,7-8,11-12,14H2,1-6H3/t19-,20-/m1/s1. The van der Waals surface area contributed by atoms with E-state index in [9.17, 15) is 4.79 Å². The lowest BCUT2D eigenvalue weighted by Gasteiger charge is -2.52. The molecule has 3 fully saturated rings. The number of anilines is 1. The zero-order chi connectivity index (χ0) is 26.0. The Hall–Kier alpha value is -3.46. The van der Waals surface area contributed by atoms with Gasteiger partial charge in [0.1, 0.15) is 12.1 Å². The maximum atomic E-state index is 12.8. The highest BCUT2D eigenvalue weighted by molar-refractivity contribution is 5.90. The number of H-pyrrole nitrogens is 1. The number of rotatable bonds is 5. The smallest absolute Gasteiger partial charge is 0.237 e. The molecule has 9 heteroatoms. The van der Waals surface area contributed by atoms with Crippen LogP contribution in [0.25, 0.3) is 27.9 Å². The van der Waals surface area contributed by atoms with Gasteiger partial charge in [-0.1, -0.05) is 13.8 Å². The summed E-state index contributed by atoms with van der Waals surface area (Å²) in [5, 5.41) is 4.41. The Balaban J connectivity index is 1.39. The van der Waals surface area contributed by atoms with E-state index < -0.39 is 0 Å². The summed E-state index contributed by atoms with van der Waals surface area (Å²) in [5.41, 5.74) is 8.76. The Labute approximate surface area is 217 Å². The third-order valence-corrected chi connectivity index (χ3v) is 8.23. The molecule has 3 aliphatic heterocycles. The molecule has 2 bridgehead atoms. The minimum atomic E-state index is 0.232. The maximum Gasteiger partial charge on any atom is 0.237 e. The lowest BCUT2D eigenvalue weighted by atomic mass is 9.90. The van der Waals surface area contributed by atoms with Crippen LogP contribution in [-0.4, -0.2) is 86.1 Å². The number of pyridine rings is 2. The highest BCUT2D eigenvalue weighted by Gasteiger charge is 2.41. The van der Waals surface area contributed by atoms with Gasteiger partial charge in [-0.05, 0) is 70.0 Å². The summed E-state index contributed by atoms with van der Waals surface area (Å²) in [5.74, 6) is 1.53. The number of carbonyl (C=O) groups is 1. The van der Waals surface area contributed by atoms with Crippen molar-refractivity contribution in [3.63, 3.8) is 0 Å². The Morgan fingerprint density at radius 3 is 2.62 bits per heavy atom. The van der Waals surface area contributed by atoms with Crippen LogP contribution in [0, 0.1) is 13.8 Å². The van der Waals surface area contributed by atoms with E-state index in [0.717, 1.165) is 65.3 Å². The first kappa shape index (κ1) is 23.9. The summed E-state index contributed by atoms with van der Waals surface area (Å²) in [7, 11) is 3.91. The molecule has 0 saturated carbocycles. The van der Waals surface area contributed by atoms with Gasteiger partial charge in [0.25, 0.3) is 0 Å². The predicted molar refractivity (Wildman–Crippen MR) is 146 cm³/mol. The molecule has 0 spiro atoms. The highest BCUT2D eigenvalue weighted by atomic mass is 16.2. The van der Waals surface area contributed by atoms with Crippen molar-refractivity contribution in [2.45, 2.75) is 58.5 Å². The first-order valence-corrected chi connectivity index (χ1v) is 13.3. The van der Waals surface area contributed by atoms with E-state index in [1.54, 1.807) is 6.33 Å². The lowest BCUT2D eigenvalue weighted by Crippen LogP contribution is -2.65. The number of hydrogen-bond donors (Lipinski definition) is 1. The van der Waals surface area contributed by atoms with Gasteiger partial charge in [-0.3, -0.25) is 4.79 Å². The van der Waals surface area contributed by atoms with Crippen LogP contribution in [0.3, 0.4) is 0 Å². The second kappa shape index (κ2) is 8.83. The van der Waals surface area contributed by atoms with E-state index in [-0.39, 0.29) is 17.9 Å². The molecule has 9 nitrogen and oxygen atoms in total. The van der Waals surface area contributed by atoms with Crippen molar-refractivity contribution < 1.29 is 4.79 Å². The fourth-order valence-corrected chi connectivity index (χ4v) is 6.24. The molecule has 1 amide bonds. The van der Waals surface area contributed by atoms with E-state index >= 15 is 0 Å². The molecule has 194 valence electrons. The fraction of sp³-hybridized carbons (Fsp3) is 0.500. The second-order valence-corrected chi connectivity index (χ2v) is 11.3. The van der Waals surface area contributed by atoms with Crippen molar-refractivity contribution in [2.24, 2.45) is 0 Å². The molecule has 37 heavy (non-hydrogen) atoms. The van der Waals surface area contributed by atoms with Crippen LogP contribution in [0.2, 0.25) is 0 Å². The van der Waals surface area contributed by atoms with E-state index in [2.05, 4.69) is 70.9 Å². The Bertz CT molecular complexity index is 1500. The normalized spacial score (nSPS) is 19.8. The first-order valence-electron chi connectivity index (χ1n) is 13.3. The molecule has 7 rings (SSSR count). The van der Waals surface area contributed by atoms with Crippen molar-refractivity contribution in [1.82, 2.24) is 34.4 Å². The average Bonchev–Trinajstić information content (AvgIpc) is 3.50. The predicted octanol–water partition coefficient (Wildman–Crippen LogP) is 3.75. The third kappa shape index (κ3) is 3.87. The van der Waals surface area contributed by atoms with Crippen LogP contribution in [0.5, 0.6) is 0 Å². The molecule has 0 aromatic carbocycles. The van der Waals surface area contributed by atoms with Gasteiger partial charge in [-0.25, -0.2) is 14.5 Å². The van der Waals surface area contributed by atoms with Crippen LogP contribution in [0.15, 0.2) is 24.7 Å². The van der Waals surface area contributed by atoms with Crippen LogP contribution in [0.4, 0.5) is 5.82 Å². The molecular formula is C28H36N8O. The molecule has 3 saturated heterocycles. The fourth-order valence-electron chi connectivity index (χ4n) is 6.24. The summed E-state index contributed by atoms with van der Waals surface area (Å²) in [6, 6.07) is 4.86. The zero-order valence-corrected chi connectivity index (χ0v) is 22.6. The minimum absolute atomic E-state index is 0.232. The molecular weight excluding hydrogens is 464 g/mol. The summed E-state index contributed by atoms with van der Waals surface area (Å²) in [4.78, 5) is 32.7. The molecule has 2 atom stereocenters. The maximum absolute atomic E-state index is 12.8. The third-order valence-electron chi connectivity index (χ3n) is 8.23. The number of aromatic nitrogens is 5. The Morgan fingerprint density at radius 1 is 1.14 bits per heavy atom. The summed E-state index contributed by atoms with van der Waals surface area (Å²) >= 11 is 0. The van der Waals surface area contributed by atoms with Crippen molar-refractivity contribution in [2.75, 3.05) is 38.6 Å². The van der Waals surface area contributed by atoms with Gasteiger partial charge < -0.3 is 19.7 Å². The SMILES string of the molecule is Cc1c(-c2[nH]c3ccc(N4C[C@H]5CC[C@@H]4CN5C(=O)CN(C)C)nc3c2C(C)C)cn2ncnc2c1C. The number of nitrogens with zero attached hydrogens (tertiary/aromatic N) is 7. The first-order chi connectivity index (χ1) is 17.7. The number of amides is 1. The molecule has 3 aliphatic rings. The number of nitrogens with one attached hydrogen (secondary N) is 1. The van der Waals surface area contributed by atoms with Crippen molar-refractivity contribution in [1.29, 1.82) is 0 Å². The van der Waals surface area contributed by atoms with Gasteiger partial charge in [-0.15, -0.1) is 0 Å². The number of carbonyl (C=O) groups excluding carboxylic acids is 1. The van der Waals surface area contributed by atoms with Gasteiger partial charge in [0.15, 0.2) is 5.65 Å². The van der Waals surface area contributed by atoms with E-state index in [0.29, 0.717) is 12.6 Å². The second-order valence-electron chi connectivity index (χ2n) is 11.3. The largest absolute Gasteiger partial charge is 0.353 e. The van der Waals surface area contributed by atoms with E-state index in [1.807, 2.05) is 23.5 Å². The number of piperazine rings is 1. The molecule has 1 N–H and O–H groups in total. The highest BCUT2D eigenvalue weighted by Crippen LogP contribution is 2.39. The Kier molecular flexibility index (Phi) is 5.71. The van der Waals surface area contributed by atoms with Gasteiger partial charge in [0, 0.05) is 42.5 Å². The Morgan fingerprint density at radius 2 is 1.92 bits per heavy atom. The van der Waals surface area contributed by atoms with E-state index in [1.165, 1.54) is 11.1 Å². The van der Waals surface area contributed by atoms with Crippen LogP contribution >= 0.6 is 0 Å². The number of likely N-dealkylation sites (N-methyl/N-ethyl adjacent to an activating group) is 1.